The third kappa shape index (κ3) is 3.09. The normalized spacial score (nSPS) is 12.3. The van der Waals surface area contributed by atoms with E-state index in [1.807, 2.05) is 34.9 Å². The lowest BCUT2D eigenvalue weighted by Gasteiger charge is -2.10. The second-order valence-electron chi connectivity index (χ2n) is 4.58. The predicted octanol–water partition coefficient (Wildman–Crippen LogP) is 2.97. The number of benzene rings is 1. The highest BCUT2D eigenvalue weighted by molar-refractivity contribution is 7.78. The molecule has 3 rings (SSSR count). The lowest BCUT2D eigenvalue weighted by atomic mass is 10.1. The van der Waals surface area contributed by atoms with Gasteiger partial charge in [0, 0.05) is 5.56 Å². The van der Waals surface area contributed by atoms with Gasteiger partial charge in [0.2, 0.25) is 0 Å². The van der Waals surface area contributed by atoms with Gasteiger partial charge in [0.25, 0.3) is 0 Å². The van der Waals surface area contributed by atoms with Crippen molar-refractivity contribution in [2.24, 2.45) is 0 Å². The second kappa shape index (κ2) is 6.39. The van der Waals surface area contributed by atoms with E-state index in [9.17, 15) is 8.76 Å². The Hall–Kier alpha value is -2.02. The number of nitrogens with zero attached hydrogens (tertiary/aromatic N) is 3. The Morgan fingerprint density at radius 2 is 1.91 bits per heavy atom. The highest BCUT2D eigenvalue weighted by atomic mass is 35.5. The first-order valence-corrected chi connectivity index (χ1v) is 8.07. The molecule has 112 valence electrons. The Morgan fingerprint density at radius 1 is 1.14 bits per heavy atom. The van der Waals surface area contributed by atoms with E-state index in [4.69, 9.17) is 11.6 Å². The third-order valence-electron chi connectivity index (χ3n) is 3.12. The Morgan fingerprint density at radius 3 is 2.55 bits per heavy atom. The zero-order chi connectivity index (χ0) is 15.5. The van der Waals surface area contributed by atoms with Crippen LogP contribution in [0.15, 0.2) is 55.0 Å². The fourth-order valence-electron chi connectivity index (χ4n) is 2.14. The smallest absolute Gasteiger partial charge is 0.155 e. The summed E-state index contributed by atoms with van der Waals surface area (Å²) in [5, 5.41) is 0.399. The Kier molecular flexibility index (Phi) is 4.33. The summed E-state index contributed by atoms with van der Waals surface area (Å²) >= 11 is 4.05. The van der Waals surface area contributed by atoms with E-state index in [1.54, 1.807) is 24.7 Å². The van der Waals surface area contributed by atoms with Crippen molar-refractivity contribution in [2.75, 3.05) is 0 Å². The molecule has 2 aromatic heterocycles. The summed E-state index contributed by atoms with van der Waals surface area (Å²) in [7, 11) is 0. The SMILES string of the molecule is O=S([O-])Cc1ccc(-n2cnc(Cl)c2-c2ccccc2)cn1. The fraction of sp³-hybridized carbons (Fsp3) is 0.0667. The van der Waals surface area contributed by atoms with Crippen molar-refractivity contribution < 1.29 is 8.76 Å². The minimum absolute atomic E-state index is 0.101. The molecule has 1 aromatic carbocycles. The van der Waals surface area contributed by atoms with E-state index in [2.05, 4.69) is 9.97 Å². The van der Waals surface area contributed by atoms with Gasteiger partial charge in [-0.15, -0.1) is 0 Å². The molecule has 0 radical (unpaired) electrons. The van der Waals surface area contributed by atoms with Crippen LogP contribution in [0.3, 0.4) is 0 Å². The van der Waals surface area contributed by atoms with Gasteiger partial charge in [0.1, 0.15) is 6.33 Å². The van der Waals surface area contributed by atoms with Gasteiger partial charge >= 0.3 is 0 Å². The first-order chi connectivity index (χ1) is 10.6. The van der Waals surface area contributed by atoms with Crippen LogP contribution in [0.1, 0.15) is 5.69 Å². The van der Waals surface area contributed by atoms with Gasteiger partial charge in [-0.05, 0) is 23.2 Å². The van der Waals surface area contributed by atoms with Crippen molar-refractivity contribution in [3.63, 3.8) is 0 Å². The molecule has 0 aliphatic rings. The third-order valence-corrected chi connectivity index (χ3v) is 3.93. The molecule has 0 N–H and O–H groups in total. The van der Waals surface area contributed by atoms with Crippen LogP contribution in [0, 0.1) is 0 Å². The summed E-state index contributed by atoms with van der Waals surface area (Å²) in [6.07, 6.45) is 3.22. The number of rotatable bonds is 4. The highest BCUT2D eigenvalue weighted by Crippen LogP contribution is 2.29. The van der Waals surface area contributed by atoms with Gasteiger partial charge in [-0.1, -0.05) is 41.9 Å². The molecular formula is C15H11ClN3O2S-. The van der Waals surface area contributed by atoms with Crippen molar-refractivity contribution in [1.29, 1.82) is 0 Å². The first-order valence-electron chi connectivity index (χ1n) is 6.44. The van der Waals surface area contributed by atoms with Crippen LogP contribution in [-0.4, -0.2) is 23.3 Å². The Bertz CT molecular complexity index is 803. The molecule has 2 heterocycles. The summed E-state index contributed by atoms with van der Waals surface area (Å²) in [5.41, 5.74) is 2.96. The molecule has 0 aliphatic heterocycles. The number of hydrogen-bond donors (Lipinski definition) is 0. The van der Waals surface area contributed by atoms with E-state index < -0.39 is 11.1 Å². The molecule has 22 heavy (non-hydrogen) atoms. The lowest BCUT2D eigenvalue weighted by molar-refractivity contribution is 0.535. The fourth-order valence-corrected chi connectivity index (χ4v) is 2.80. The van der Waals surface area contributed by atoms with Crippen LogP contribution in [0.4, 0.5) is 0 Å². The number of halogens is 1. The maximum Gasteiger partial charge on any atom is 0.155 e. The van der Waals surface area contributed by atoms with E-state index in [1.165, 1.54) is 0 Å². The zero-order valence-electron chi connectivity index (χ0n) is 11.3. The number of hydrogen-bond acceptors (Lipinski definition) is 4. The second-order valence-corrected chi connectivity index (χ2v) is 5.83. The predicted molar refractivity (Wildman–Crippen MR) is 84.4 cm³/mol. The van der Waals surface area contributed by atoms with Gasteiger partial charge < -0.3 is 4.55 Å². The minimum atomic E-state index is -2.15. The maximum absolute atomic E-state index is 10.7. The van der Waals surface area contributed by atoms with E-state index in [0.717, 1.165) is 16.9 Å². The summed E-state index contributed by atoms with van der Waals surface area (Å²) < 4.78 is 23.2. The molecule has 5 nitrogen and oxygen atoms in total. The maximum atomic E-state index is 10.7. The first kappa shape index (κ1) is 14.9. The van der Waals surface area contributed by atoms with Gasteiger partial charge in [0.05, 0.1) is 29.0 Å². The molecule has 0 amide bonds. The molecule has 0 spiro atoms. The molecule has 0 fully saturated rings. The summed E-state index contributed by atoms with van der Waals surface area (Å²) in [5.74, 6) is -0.101. The highest BCUT2D eigenvalue weighted by Gasteiger charge is 2.12. The van der Waals surface area contributed by atoms with Crippen molar-refractivity contribution in [1.82, 2.24) is 14.5 Å². The minimum Gasteiger partial charge on any atom is -0.772 e. The average Bonchev–Trinajstić information content (AvgIpc) is 2.90. The molecule has 0 bridgehead atoms. The van der Waals surface area contributed by atoms with Crippen LogP contribution in [0.5, 0.6) is 0 Å². The zero-order valence-corrected chi connectivity index (χ0v) is 12.9. The standard InChI is InChI=1S/C15H12ClN3O2S/c16-15-14(11-4-2-1-3-5-11)19(10-18-15)13-7-6-12(17-8-13)9-22(20)21/h1-8,10H,9H2,(H,20,21)/p-1. The van der Waals surface area contributed by atoms with E-state index in [0.29, 0.717) is 10.8 Å². The van der Waals surface area contributed by atoms with Crippen LogP contribution >= 0.6 is 11.6 Å². The summed E-state index contributed by atoms with van der Waals surface area (Å²) in [6.45, 7) is 0. The van der Waals surface area contributed by atoms with Crippen molar-refractivity contribution in [3.05, 3.63) is 65.8 Å². The monoisotopic (exact) mass is 332 g/mol. The lowest BCUT2D eigenvalue weighted by Crippen LogP contribution is -2.00. The largest absolute Gasteiger partial charge is 0.772 e. The Balaban J connectivity index is 2.01. The molecule has 0 saturated carbocycles. The summed E-state index contributed by atoms with van der Waals surface area (Å²) in [6, 6.07) is 13.1. The quantitative estimate of drug-likeness (QED) is 0.689. The molecule has 7 heteroatoms. The van der Waals surface area contributed by atoms with Gasteiger partial charge in [-0.3, -0.25) is 13.8 Å². The summed E-state index contributed by atoms with van der Waals surface area (Å²) in [4.78, 5) is 8.30. The molecular weight excluding hydrogens is 322 g/mol. The Labute approximate surface area is 134 Å². The molecule has 0 saturated heterocycles. The van der Waals surface area contributed by atoms with Crippen molar-refractivity contribution >= 4 is 22.7 Å². The van der Waals surface area contributed by atoms with Gasteiger partial charge in [-0.2, -0.15) is 0 Å². The van der Waals surface area contributed by atoms with E-state index in [-0.39, 0.29) is 5.75 Å². The molecule has 1 atom stereocenters. The van der Waals surface area contributed by atoms with Crippen molar-refractivity contribution in [3.8, 4) is 16.9 Å². The average molecular weight is 333 g/mol. The topological polar surface area (TPSA) is 70.8 Å². The number of pyridine rings is 1. The molecule has 3 aromatic rings. The van der Waals surface area contributed by atoms with Crippen molar-refractivity contribution in [2.45, 2.75) is 5.75 Å². The number of imidazole rings is 1. The van der Waals surface area contributed by atoms with E-state index >= 15 is 0 Å². The molecule has 0 aliphatic carbocycles. The van der Waals surface area contributed by atoms with Crippen LogP contribution < -0.4 is 0 Å². The molecule has 1 unspecified atom stereocenters. The van der Waals surface area contributed by atoms with Gasteiger partial charge in [0.15, 0.2) is 5.15 Å². The van der Waals surface area contributed by atoms with Crippen LogP contribution in [0.25, 0.3) is 16.9 Å². The van der Waals surface area contributed by atoms with Gasteiger partial charge in [-0.25, -0.2) is 4.98 Å². The van der Waals surface area contributed by atoms with Crippen LogP contribution in [-0.2, 0) is 16.8 Å². The number of aromatic nitrogens is 3. The van der Waals surface area contributed by atoms with Crippen LogP contribution in [0.2, 0.25) is 5.15 Å².